The van der Waals surface area contributed by atoms with Crippen molar-refractivity contribution < 1.29 is 9.59 Å². The van der Waals surface area contributed by atoms with Crippen LogP contribution in [0.1, 0.15) is 35.1 Å². The van der Waals surface area contributed by atoms with E-state index in [1.165, 1.54) is 11.1 Å². The van der Waals surface area contributed by atoms with E-state index >= 15 is 0 Å². The van der Waals surface area contributed by atoms with Crippen LogP contribution in [0.5, 0.6) is 0 Å². The molecule has 0 spiro atoms. The molecule has 6 heteroatoms. The van der Waals surface area contributed by atoms with Crippen LogP contribution in [0.25, 0.3) is 0 Å². The summed E-state index contributed by atoms with van der Waals surface area (Å²) >= 11 is 0. The maximum Gasteiger partial charge on any atom is 0.244 e. The highest BCUT2D eigenvalue weighted by molar-refractivity contribution is 5.91. The molecule has 1 fully saturated rings. The quantitative estimate of drug-likeness (QED) is 0.570. The van der Waals surface area contributed by atoms with Crippen molar-refractivity contribution in [2.45, 2.75) is 51.4 Å². The second-order valence-corrected chi connectivity index (χ2v) is 8.07. The molecule has 2 atom stereocenters. The molecule has 0 bridgehead atoms. The molecule has 1 heterocycles. The van der Waals surface area contributed by atoms with Crippen LogP contribution < -0.4 is 16.8 Å². The summed E-state index contributed by atoms with van der Waals surface area (Å²) in [5.74, 6) is -0.338. The van der Waals surface area contributed by atoms with Gasteiger partial charge >= 0.3 is 0 Å². The van der Waals surface area contributed by atoms with Crippen molar-refractivity contribution in [2.24, 2.45) is 11.5 Å². The lowest BCUT2D eigenvalue weighted by molar-refractivity contribution is -0.138. The molecule has 5 N–H and O–H groups in total. The molecule has 3 rings (SSSR count). The molecule has 31 heavy (non-hydrogen) atoms. The van der Waals surface area contributed by atoms with Gasteiger partial charge in [0.2, 0.25) is 11.8 Å². The van der Waals surface area contributed by atoms with E-state index in [4.69, 9.17) is 11.5 Å². The molecule has 1 saturated heterocycles. The predicted octanol–water partition coefficient (Wildman–Crippen LogP) is 2.19. The number of nitrogens with zero attached hydrogens (tertiary/aromatic N) is 1. The first-order chi connectivity index (χ1) is 15.0. The minimum atomic E-state index is -0.748. The molecule has 1 aliphatic rings. The molecular formula is C25H32N4O2. The Balaban J connectivity index is 1.52. The lowest BCUT2D eigenvalue weighted by Crippen LogP contribution is -2.50. The monoisotopic (exact) mass is 420 g/mol. The largest absolute Gasteiger partial charge is 0.350 e. The fraction of sp³-hybridized carbons (Fsp3) is 0.360. The Bertz CT molecular complexity index is 906. The molecule has 164 valence electrons. The molecule has 2 amide bonds. The van der Waals surface area contributed by atoms with Gasteiger partial charge in [0.1, 0.15) is 12.1 Å². The van der Waals surface area contributed by atoms with Gasteiger partial charge in [-0.1, -0.05) is 66.2 Å². The zero-order chi connectivity index (χ0) is 22.2. The minimum Gasteiger partial charge on any atom is -0.350 e. The predicted molar refractivity (Wildman–Crippen MR) is 123 cm³/mol. The number of nitrogens with one attached hydrogen (secondary N) is 1. The Hall–Kier alpha value is -2.96. The smallest absolute Gasteiger partial charge is 0.244 e. The summed E-state index contributed by atoms with van der Waals surface area (Å²) in [6.45, 7) is 3.52. The third-order valence-electron chi connectivity index (χ3n) is 5.67. The van der Waals surface area contributed by atoms with E-state index in [-0.39, 0.29) is 11.8 Å². The molecule has 0 radical (unpaired) electrons. The molecule has 1 aliphatic heterocycles. The van der Waals surface area contributed by atoms with Crippen LogP contribution in [0.15, 0.2) is 60.7 Å². The lowest BCUT2D eigenvalue weighted by Gasteiger charge is -2.25. The van der Waals surface area contributed by atoms with Gasteiger partial charge in [-0.3, -0.25) is 9.59 Å². The number of allylic oxidation sites excluding steroid dienone is 1. The van der Waals surface area contributed by atoms with E-state index in [1.807, 2.05) is 37.3 Å². The number of hydrogen-bond acceptors (Lipinski definition) is 4. The van der Waals surface area contributed by atoms with Gasteiger partial charge in [-0.25, -0.2) is 0 Å². The molecule has 0 unspecified atom stereocenters. The van der Waals surface area contributed by atoms with Gasteiger partial charge in [0, 0.05) is 19.6 Å². The molecule has 0 saturated carbocycles. The normalized spacial score (nSPS) is 17.1. The maximum atomic E-state index is 12.8. The highest BCUT2D eigenvalue weighted by Crippen LogP contribution is 2.19. The average Bonchev–Trinajstić information content (AvgIpc) is 3.28. The molecule has 6 nitrogen and oxygen atoms in total. The number of carbonyl (C=O) groups excluding carboxylic acids is 2. The summed E-state index contributed by atoms with van der Waals surface area (Å²) in [6.07, 6.45) is 5.82. The number of benzene rings is 2. The summed E-state index contributed by atoms with van der Waals surface area (Å²) < 4.78 is 0. The lowest BCUT2D eigenvalue weighted by atomic mass is 10.1. The Morgan fingerprint density at radius 3 is 2.42 bits per heavy atom. The van der Waals surface area contributed by atoms with Crippen molar-refractivity contribution in [2.75, 3.05) is 6.54 Å². The van der Waals surface area contributed by atoms with Gasteiger partial charge in [-0.05, 0) is 42.9 Å². The van der Waals surface area contributed by atoms with Crippen molar-refractivity contribution in [3.8, 4) is 0 Å². The van der Waals surface area contributed by atoms with Crippen LogP contribution in [-0.4, -0.2) is 35.3 Å². The number of rotatable bonds is 8. The van der Waals surface area contributed by atoms with Gasteiger partial charge in [-0.15, -0.1) is 0 Å². The van der Waals surface area contributed by atoms with Gasteiger partial charge in [-0.2, -0.15) is 0 Å². The standard InChI is InChI=1S/C25H32N4O2/c1-18-7-9-19(10-8-18)4-2-5-22(27)25(31)29-15-3-6-23(29)24(30)28-17-21-13-11-20(16-26)12-14-21/h2,5,7-14,22-23H,3-4,6,15-17,26-27H2,1H3,(H,28,30)/b5-2+/t22-,23+/m1/s1. The number of nitrogens with two attached hydrogens (primary N) is 2. The number of aryl methyl sites for hydroxylation is 1. The first-order valence-corrected chi connectivity index (χ1v) is 10.8. The van der Waals surface area contributed by atoms with E-state index in [9.17, 15) is 9.59 Å². The van der Waals surface area contributed by atoms with Gasteiger partial charge < -0.3 is 21.7 Å². The summed E-state index contributed by atoms with van der Waals surface area (Å²) in [4.78, 5) is 27.2. The number of likely N-dealkylation sites (tertiary alicyclic amines) is 1. The van der Waals surface area contributed by atoms with Crippen LogP contribution >= 0.6 is 0 Å². The van der Waals surface area contributed by atoms with Crippen LogP contribution in [0.4, 0.5) is 0 Å². The van der Waals surface area contributed by atoms with E-state index in [0.29, 0.717) is 32.5 Å². The summed E-state index contributed by atoms with van der Waals surface area (Å²) in [7, 11) is 0. The minimum absolute atomic E-state index is 0.135. The molecule has 2 aromatic rings. The summed E-state index contributed by atoms with van der Waals surface area (Å²) in [6, 6.07) is 14.9. The van der Waals surface area contributed by atoms with E-state index in [0.717, 1.165) is 17.5 Å². The third-order valence-corrected chi connectivity index (χ3v) is 5.67. The Labute approximate surface area is 184 Å². The molecular weight excluding hydrogens is 388 g/mol. The van der Waals surface area contributed by atoms with E-state index < -0.39 is 12.1 Å². The topological polar surface area (TPSA) is 101 Å². The maximum absolute atomic E-state index is 12.8. The zero-order valence-corrected chi connectivity index (χ0v) is 18.1. The van der Waals surface area contributed by atoms with Gasteiger partial charge in [0.15, 0.2) is 0 Å². The SMILES string of the molecule is Cc1ccc(C/C=C/[C@@H](N)C(=O)N2CCC[C@H]2C(=O)NCc2ccc(CN)cc2)cc1. The fourth-order valence-electron chi connectivity index (χ4n) is 3.75. The third kappa shape index (κ3) is 6.26. The average molecular weight is 421 g/mol. The van der Waals surface area contributed by atoms with Crippen molar-refractivity contribution in [1.29, 1.82) is 0 Å². The Morgan fingerprint density at radius 1 is 1.10 bits per heavy atom. The molecule has 0 aromatic heterocycles. The fourth-order valence-corrected chi connectivity index (χ4v) is 3.75. The second-order valence-electron chi connectivity index (χ2n) is 8.07. The first-order valence-electron chi connectivity index (χ1n) is 10.8. The van der Waals surface area contributed by atoms with Crippen LogP contribution in [0, 0.1) is 6.92 Å². The second kappa shape index (κ2) is 10.9. The number of amides is 2. The van der Waals surface area contributed by atoms with Crippen molar-refractivity contribution in [3.63, 3.8) is 0 Å². The van der Waals surface area contributed by atoms with Crippen LogP contribution in [0.3, 0.4) is 0 Å². The van der Waals surface area contributed by atoms with E-state index in [1.54, 1.807) is 11.0 Å². The summed E-state index contributed by atoms with van der Waals surface area (Å²) in [5, 5.41) is 2.95. The molecule has 0 aliphatic carbocycles. The molecule has 2 aromatic carbocycles. The Morgan fingerprint density at radius 2 is 1.74 bits per heavy atom. The van der Waals surface area contributed by atoms with Gasteiger partial charge in [0.05, 0.1) is 0 Å². The van der Waals surface area contributed by atoms with Crippen LogP contribution in [0.2, 0.25) is 0 Å². The van der Waals surface area contributed by atoms with Gasteiger partial charge in [0.25, 0.3) is 0 Å². The van der Waals surface area contributed by atoms with Crippen molar-refractivity contribution >= 4 is 11.8 Å². The highest BCUT2D eigenvalue weighted by Gasteiger charge is 2.35. The van der Waals surface area contributed by atoms with E-state index in [2.05, 4.69) is 29.6 Å². The Kier molecular flexibility index (Phi) is 7.98. The highest BCUT2D eigenvalue weighted by atomic mass is 16.2. The number of carbonyl (C=O) groups is 2. The van der Waals surface area contributed by atoms with Crippen molar-refractivity contribution in [3.05, 3.63) is 82.9 Å². The summed E-state index contributed by atoms with van der Waals surface area (Å²) in [5.41, 5.74) is 16.2. The van der Waals surface area contributed by atoms with Crippen molar-refractivity contribution in [1.82, 2.24) is 10.2 Å². The number of hydrogen-bond donors (Lipinski definition) is 3. The first kappa shape index (κ1) is 22.7. The van der Waals surface area contributed by atoms with Crippen LogP contribution in [-0.2, 0) is 29.1 Å². The zero-order valence-electron chi connectivity index (χ0n) is 18.1.